The number of hydrogen-bond donors (Lipinski definition) is 1. The number of ether oxygens (including phenoxy) is 1. The Morgan fingerprint density at radius 1 is 1.52 bits per heavy atom. The molecule has 1 aliphatic carbocycles. The Hall–Kier alpha value is -2.59. The van der Waals surface area contributed by atoms with Crippen LogP contribution in [0, 0.1) is 17.2 Å². The number of aryl methyl sites for hydroxylation is 1. The third-order valence-corrected chi connectivity index (χ3v) is 5.53. The monoisotopic (exact) mass is 357 g/mol. The van der Waals surface area contributed by atoms with E-state index in [0.717, 1.165) is 24.8 Å². The summed E-state index contributed by atoms with van der Waals surface area (Å²) >= 11 is 1.45. The molecular formula is C18H19N3O3S. The smallest absolute Gasteiger partial charge is 0.355 e. The Balaban J connectivity index is 1.65. The molecule has 0 spiro atoms. The molecule has 2 aromatic rings. The molecule has 2 heterocycles. The molecule has 0 radical (unpaired) electrons. The molecule has 0 aliphatic heterocycles. The first-order valence-electron chi connectivity index (χ1n) is 8.12. The van der Waals surface area contributed by atoms with Crippen LogP contribution in [0.15, 0.2) is 18.3 Å². The number of carbonyl (C=O) groups excluding carboxylic acids is 2. The lowest BCUT2D eigenvalue weighted by Gasteiger charge is -2.17. The number of amides is 1. The van der Waals surface area contributed by atoms with Gasteiger partial charge in [0.2, 0.25) is 0 Å². The highest BCUT2D eigenvalue weighted by Gasteiger charge is 2.25. The molecule has 7 heteroatoms. The molecule has 2 aromatic heterocycles. The minimum absolute atomic E-state index is 0.381. The number of aromatic nitrogens is 1. The van der Waals surface area contributed by atoms with Crippen molar-refractivity contribution in [1.29, 1.82) is 5.26 Å². The normalized spacial score (nSPS) is 16.0. The zero-order valence-corrected chi connectivity index (χ0v) is 15.0. The van der Waals surface area contributed by atoms with E-state index in [9.17, 15) is 14.9 Å². The van der Waals surface area contributed by atoms with Crippen LogP contribution in [0.25, 0.3) is 0 Å². The van der Waals surface area contributed by atoms with Crippen LogP contribution in [0.3, 0.4) is 0 Å². The summed E-state index contributed by atoms with van der Waals surface area (Å²) in [7, 11) is 1.73. The van der Waals surface area contributed by atoms with Crippen molar-refractivity contribution in [3.8, 4) is 6.07 Å². The first kappa shape index (κ1) is 17.2. The third kappa shape index (κ3) is 3.59. The van der Waals surface area contributed by atoms with E-state index in [1.807, 2.05) is 0 Å². The summed E-state index contributed by atoms with van der Waals surface area (Å²) in [5, 5.41) is 12.7. The zero-order chi connectivity index (χ0) is 18.0. The van der Waals surface area contributed by atoms with Gasteiger partial charge < -0.3 is 14.6 Å². The van der Waals surface area contributed by atoms with Crippen molar-refractivity contribution in [2.24, 2.45) is 13.0 Å². The minimum Gasteiger partial charge on any atom is -0.451 e. The number of esters is 1. The first-order chi connectivity index (χ1) is 12.0. The highest BCUT2D eigenvalue weighted by Crippen LogP contribution is 2.39. The van der Waals surface area contributed by atoms with Crippen LogP contribution >= 0.6 is 11.3 Å². The van der Waals surface area contributed by atoms with Crippen molar-refractivity contribution in [1.82, 2.24) is 4.57 Å². The molecule has 0 saturated heterocycles. The van der Waals surface area contributed by atoms with Gasteiger partial charge in [-0.15, -0.1) is 11.3 Å². The maximum atomic E-state index is 12.1. The van der Waals surface area contributed by atoms with Crippen LogP contribution < -0.4 is 5.32 Å². The highest BCUT2D eigenvalue weighted by atomic mass is 32.1. The average molecular weight is 357 g/mol. The van der Waals surface area contributed by atoms with Gasteiger partial charge in [-0.3, -0.25) is 4.79 Å². The third-order valence-electron chi connectivity index (χ3n) is 4.36. The lowest BCUT2D eigenvalue weighted by atomic mass is 9.89. The molecule has 1 atom stereocenters. The fraction of sp³-hybridized carbons (Fsp3) is 0.389. The molecule has 0 bridgehead atoms. The van der Waals surface area contributed by atoms with E-state index in [1.54, 1.807) is 29.9 Å². The fourth-order valence-electron chi connectivity index (χ4n) is 3.00. The second-order valence-electron chi connectivity index (χ2n) is 6.30. The Kier molecular flexibility index (Phi) is 4.91. The average Bonchev–Trinajstić information content (AvgIpc) is 3.15. The molecule has 3 rings (SSSR count). The van der Waals surface area contributed by atoms with Gasteiger partial charge in [0.1, 0.15) is 16.8 Å². The number of thiophene rings is 1. The summed E-state index contributed by atoms with van der Waals surface area (Å²) in [5.74, 6) is -0.402. The van der Waals surface area contributed by atoms with Gasteiger partial charge in [-0.05, 0) is 42.9 Å². The van der Waals surface area contributed by atoms with Gasteiger partial charge in [-0.2, -0.15) is 5.26 Å². The number of rotatable bonds is 4. The predicted octanol–water partition coefficient (Wildman–Crippen LogP) is 2.88. The molecule has 1 N–H and O–H groups in total. The molecule has 1 amide bonds. The number of nitrogens with one attached hydrogen (secondary N) is 1. The van der Waals surface area contributed by atoms with Crippen molar-refractivity contribution in [3.05, 3.63) is 40.0 Å². The Morgan fingerprint density at radius 3 is 3.00 bits per heavy atom. The zero-order valence-electron chi connectivity index (χ0n) is 14.2. The summed E-state index contributed by atoms with van der Waals surface area (Å²) < 4.78 is 6.67. The summed E-state index contributed by atoms with van der Waals surface area (Å²) in [6.45, 7) is 1.81. The van der Waals surface area contributed by atoms with Crippen LogP contribution in [-0.2, 0) is 29.4 Å². The van der Waals surface area contributed by atoms with E-state index in [4.69, 9.17) is 4.74 Å². The van der Waals surface area contributed by atoms with Gasteiger partial charge in [0.15, 0.2) is 6.61 Å². The van der Waals surface area contributed by atoms with Crippen molar-refractivity contribution in [3.63, 3.8) is 0 Å². The van der Waals surface area contributed by atoms with Crippen molar-refractivity contribution >= 4 is 28.2 Å². The Morgan fingerprint density at radius 2 is 2.32 bits per heavy atom. The number of nitriles is 1. The van der Waals surface area contributed by atoms with E-state index in [0.29, 0.717) is 22.2 Å². The SMILES string of the molecule is C[C@@H]1CCc2c(sc(NC(=O)COC(=O)c3cccn3C)c2C#N)C1. The summed E-state index contributed by atoms with van der Waals surface area (Å²) in [6.07, 6.45) is 4.59. The standard InChI is InChI=1S/C18H19N3O3S/c1-11-5-6-12-13(9-19)17(25-15(12)8-11)20-16(22)10-24-18(23)14-4-3-7-21(14)2/h3-4,7,11H,5-6,8,10H2,1-2H3,(H,20,22)/t11-/m1/s1. The summed E-state index contributed by atoms with van der Waals surface area (Å²) in [5.41, 5.74) is 1.99. The van der Waals surface area contributed by atoms with Crippen molar-refractivity contribution in [2.75, 3.05) is 11.9 Å². The van der Waals surface area contributed by atoms with E-state index in [-0.39, 0.29) is 6.61 Å². The van der Waals surface area contributed by atoms with E-state index in [2.05, 4.69) is 18.3 Å². The Labute approximate surface area is 150 Å². The van der Waals surface area contributed by atoms with Crippen molar-refractivity contribution < 1.29 is 14.3 Å². The Bertz CT molecular complexity index is 860. The van der Waals surface area contributed by atoms with Crippen LogP contribution in [0.5, 0.6) is 0 Å². The quantitative estimate of drug-likeness (QED) is 0.853. The molecule has 0 fully saturated rings. The van der Waals surface area contributed by atoms with Gasteiger partial charge in [0.05, 0.1) is 5.56 Å². The van der Waals surface area contributed by atoms with Crippen LogP contribution in [0.2, 0.25) is 0 Å². The predicted molar refractivity (Wildman–Crippen MR) is 94.5 cm³/mol. The lowest BCUT2D eigenvalue weighted by molar-refractivity contribution is -0.119. The minimum atomic E-state index is -0.553. The van der Waals surface area contributed by atoms with Gasteiger partial charge in [-0.25, -0.2) is 4.79 Å². The summed E-state index contributed by atoms with van der Waals surface area (Å²) in [4.78, 5) is 25.2. The molecule has 1 aliphatic rings. The van der Waals surface area contributed by atoms with Gasteiger partial charge in [0, 0.05) is 18.1 Å². The summed E-state index contributed by atoms with van der Waals surface area (Å²) in [6, 6.07) is 5.56. The molecule has 0 aromatic carbocycles. The maximum Gasteiger partial charge on any atom is 0.355 e. The number of anilines is 1. The van der Waals surface area contributed by atoms with Gasteiger partial charge >= 0.3 is 5.97 Å². The van der Waals surface area contributed by atoms with E-state index in [1.165, 1.54) is 16.2 Å². The number of hydrogen-bond acceptors (Lipinski definition) is 5. The number of carbonyl (C=O) groups is 2. The van der Waals surface area contributed by atoms with Crippen molar-refractivity contribution in [2.45, 2.75) is 26.2 Å². The second-order valence-corrected chi connectivity index (χ2v) is 7.40. The molecular weight excluding hydrogens is 338 g/mol. The highest BCUT2D eigenvalue weighted by molar-refractivity contribution is 7.16. The lowest BCUT2D eigenvalue weighted by Crippen LogP contribution is -2.21. The second kappa shape index (κ2) is 7.11. The fourth-order valence-corrected chi connectivity index (χ4v) is 4.38. The first-order valence-corrected chi connectivity index (χ1v) is 8.94. The van der Waals surface area contributed by atoms with Gasteiger partial charge in [0.25, 0.3) is 5.91 Å². The molecule has 6 nitrogen and oxygen atoms in total. The molecule has 0 saturated carbocycles. The van der Waals surface area contributed by atoms with E-state index < -0.39 is 11.9 Å². The molecule has 130 valence electrons. The van der Waals surface area contributed by atoms with Crippen LogP contribution in [-0.4, -0.2) is 23.1 Å². The van der Waals surface area contributed by atoms with Gasteiger partial charge in [-0.1, -0.05) is 6.92 Å². The number of fused-ring (bicyclic) bond motifs is 1. The topological polar surface area (TPSA) is 84.1 Å². The maximum absolute atomic E-state index is 12.1. The van der Waals surface area contributed by atoms with Crippen LogP contribution in [0.1, 0.15) is 39.8 Å². The number of nitrogens with zero attached hydrogens (tertiary/aromatic N) is 2. The molecule has 0 unspecified atom stereocenters. The molecule has 25 heavy (non-hydrogen) atoms. The van der Waals surface area contributed by atoms with E-state index >= 15 is 0 Å². The van der Waals surface area contributed by atoms with Crippen LogP contribution in [0.4, 0.5) is 5.00 Å². The largest absolute Gasteiger partial charge is 0.451 e.